The Balaban J connectivity index is 1.58. The molecule has 0 spiro atoms. The summed E-state index contributed by atoms with van der Waals surface area (Å²) in [6.45, 7) is 1.96. The predicted molar refractivity (Wildman–Crippen MR) is 137 cm³/mol. The average molecular weight is 539 g/mol. The Labute approximate surface area is 219 Å². The van der Waals surface area contributed by atoms with E-state index in [1.807, 2.05) is 18.2 Å². The van der Waals surface area contributed by atoms with Crippen molar-refractivity contribution in [3.05, 3.63) is 95.6 Å². The summed E-state index contributed by atoms with van der Waals surface area (Å²) in [6.07, 6.45) is -3.37. The fraction of sp³-hybridized carbons (Fsp3) is 0.148. The molecule has 2 amide bonds. The first-order chi connectivity index (χ1) is 18.7. The third-order valence-corrected chi connectivity index (χ3v) is 6.02. The van der Waals surface area contributed by atoms with Crippen molar-refractivity contribution in [1.29, 1.82) is 0 Å². The highest BCUT2D eigenvalue weighted by molar-refractivity contribution is 6.02. The second-order valence-corrected chi connectivity index (χ2v) is 8.61. The molecule has 0 aliphatic carbocycles. The quantitative estimate of drug-likeness (QED) is 0.244. The molecule has 0 aliphatic heterocycles. The molecule has 5 aromatic rings. The molecular weight excluding hydrogens is 516 g/mol. The fourth-order valence-corrected chi connectivity index (χ4v) is 4.21. The van der Waals surface area contributed by atoms with Gasteiger partial charge in [-0.15, -0.1) is 0 Å². The summed E-state index contributed by atoms with van der Waals surface area (Å²) in [5.74, 6) is -0.341. The molecule has 2 aromatic carbocycles. The first-order valence-electron chi connectivity index (χ1n) is 11.7. The van der Waals surface area contributed by atoms with Crippen molar-refractivity contribution in [2.24, 2.45) is 0 Å². The standard InChI is InChI=1S/C27H22F4N6O2/c1-16-21(15-39-2)35-37(19-10-4-3-5-11-19)23(16)33-26(38)34-25-22(17-8-6-9-18(28)14-17)32-24-20(27(29,30)31)12-7-13-36(24)25/h3-14H,15H2,1-2H3,(H2,33,34,38). The molecule has 3 heterocycles. The Morgan fingerprint density at radius 3 is 2.44 bits per heavy atom. The molecule has 0 bridgehead atoms. The van der Waals surface area contributed by atoms with Gasteiger partial charge in [-0.3, -0.25) is 15.0 Å². The Hall–Kier alpha value is -4.71. The summed E-state index contributed by atoms with van der Waals surface area (Å²) in [5, 5.41) is 9.91. The maximum absolute atomic E-state index is 14.0. The van der Waals surface area contributed by atoms with Gasteiger partial charge in [-0.25, -0.2) is 18.9 Å². The molecule has 2 N–H and O–H groups in total. The number of nitrogens with one attached hydrogen (secondary N) is 2. The second kappa shape index (κ2) is 10.2. The van der Waals surface area contributed by atoms with Crippen molar-refractivity contribution in [3.8, 4) is 16.9 Å². The summed E-state index contributed by atoms with van der Waals surface area (Å²) < 4.78 is 63.2. The number of aromatic nitrogens is 4. The van der Waals surface area contributed by atoms with E-state index in [9.17, 15) is 22.4 Å². The molecule has 0 radical (unpaired) electrons. The Morgan fingerprint density at radius 1 is 1.00 bits per heavy atom. The van der Waals surface area contributed by atoms with E-state index in [0.29, 0.717) is 22.8 Å². The highest BCUT2D eigenvalue weighted by atomic mass is 19.4. The third-order valence-electron chi connectivity index (χ3n) is 6.02. The number of pyridine rings is 1. The molecule has 0 unspecified atom stereocenters. The molecule has 39 heavy (non-hydrogen) atoms. The fourth-order valence-electron chi connectivity index (χ4n) is 4.21. The Morgan fingerprint density at radius 2 is 1.74 bits per heavy atom. The maximum Gasteiger partial charge on any atom is 0.419 e. The first-order valence-corrected chi connectivity index (χ1v) is 11.7. The lowest BCUT2D eigenvalue weighted by atomic mass is 10.1. The van der Waals surface area contributed by atoms with E-state index in [4.69, 9.17) is 4.74 Å². The Kier molecular flexibility index (Phi) is 6.79. The summed E-state index contributed by atoms with van der Waals surface area (Å²) in [6, 6.07) is 15.6. The van der Waals surface area contributed by atoms with Crippen molar-refractivity contribution in [1.82, 2.24) is 19.2 Å². The number of hydrogen-bond acceptors (Lipinski definition) is 4. The van der Waals surface area contributed by atoms with Crippen LogP contribution in [0.25, 0.3) is 22.6 Å². The number of amides is 2. The summed E-state index contributed by atoms with van der Waals surface area (Å²) >= 11 is 0. The molecule has 12 heteroatoms. The minimum absolute atomic E-state index is 0.0327. The van der Waals surface area contributed by atoms with Crippen LogP contribution in [0, 0.1) is 12.7 Å². The zero-order valence-corrected chi connectivity index (χ0v) is 20.8. The summed E-state index contributed by atoms with van der Waals surface area (Å²) in [4.78, 5) is 17.5. The van der Waals surface area contributed by atoms with E-state index in [-0.39, 0.29) is 23.7 Å². The van der Waals surface area contributed by atoms with Crippen molar-refractivity contribution < 1.29 is 27.1 Å². The highest BCUT2D eigenvalue weighted by Crippen LogP contribution is 2.37. The lowest BCUT2D eigenvalue weighted by molar-refractivity contribution is -0.136. The molecule has 0 saturated carbocycles. The third kappa shape index (κ3) is 5.06. The molecule has 0 aliphatic rings. The number of urea groups is 1. The van der Waals surface area contributed by atoms with E-state index in [1.54, 1.807) is 19.1 Å². The first kappa shape index (κ1) is 25.9. The van der Waals surface area contributed by atoms with Crippen LogP contribution in [-0.2, 0) is 17.5 Å². The van der Waals surface area contributed by atoms with Crippen molar-refractivity contribution in [2.75, 3.05) is 17.7 Å². The van der Waals surface area contributed by atoms with Crippen molar-refractivity contribution in [3.63, 3.8) is 0 Å². The lowest BCUT2D eigenvalue weighted by Crippen LogP contribution is -2.23. The number of hydrogen-bond donors (Lipinski definition) is 2. The number of nitrogens with zero attached hydrogens (tertiary/aromatic N) is 4. The van der Waals surface area contributed by atoms with Gasteiger partial charge in [0.05, 0.1) is 23.6 Å². The van der Waals surface area contributed by atoms with E-state index >= 15 is 0 Å². The van der Waals surface area contributed by atoms with Gasteiger partial charge in [-0.2, -0.15) is 18.3 Å². The predicted octanol–water partition coefficient (Wildman–Crippen LogP) is 6.44. The van der Waals surface area contributed by atoms with E-state index < -0.39 is 29.2 Å². The summed E-state index contributed by atoms with van der Waals surface area (Å²) in [5.41, 5.74) is 0.610. The topological polar surface area (TPSA) is 85.5 Å². The van der Waals surface area contributed by atoms with Crippen LogP contribution >= 0.6 is 0 Å². The summed E-state index contributed by atoms with van der Waals surface area (Å²) in [7, 11) is 1.52. The van der Waals surface area contributed by atoms with Crippen LogP contribution in [0.15, 0.2) is 72.9 Å². The maximum atomic E-state index is 14.0. The van der Waals surface area contributed by atoms with Crippen LogP contribution < -0.4 is 10.6 Å². The number of anilines is 2. The Bertz CT molecular complexity index is 1660. The van der Waals surface area contributed by atoms with Gasteiger partial charge in [0.1, 0.15) is 23.1 Å². The van der Waals surface area contributed by atoms with Gasteiger partial charge in [0, 0.05) is 24.4 Å². The van der Waals surface area contributed by atoms with Crippen LogP contribution in [0.5, 0.6) is 0 Å². The van der Waals surface area contributed by atoms with E-state index in [1.165, 1.54) is 42.3 Å². The molecule has 0 atom stereocenters. The highest BCUT2D eigenvalue weighted by Gasteiger charge is 2.35. The van der Waals surface area contributed by atoms with Crippen LogP contribution in [0.2, 0.25) is 0 Å². The van der Waals surface area contributed by atoms with Gasteiger partial charge in [0.15, 0.2) is 5.65 Å². The van der Waals surface area contributed by atoms with Gasteiger partial charge in [0.25, 0.3) is 0 Å². The van der Waals surface area contributed by atoms with Crippen molar-refractivity contribution in [2.45, 2.75) is 19.7 Å². The number of rotatable bonds is 6. The number of carbonyl (C=O) groups is 1. The van der Waals surface area contributed by atoms with Gasteiger partial charge < -0.3 is 4.74 Å². The number of benzene rings is 2. The monoisotopic (exact) mass is 538 g/mol. The van der Waals surface area contributed by atoms with Gasteiger partial charge in [-0.1, -0.05) is 30.3 Å². The number of carbonyl (C=O) groups excluding carboxylic acids is 1. The number of para-hydroxylation sites is 1. The molecule has 8 nitrogen and oxygen atoms in total. The number of halogens is 4. The SMILES string of the molecule is COCc1nn(-c2ccccc2)c(NC(=O)Nc2c(-c3cccc(F)c3)nc3c(C(F)(F)F)cccn23)c1C. The largest absolute Gasteiger partial charge is 0.419 e. The van der Waals surface area contributed by atoms with Crippen LogP contribution in [0.4, 0.5) is 34.0 Å². The number of fused-ring (bicyclic) bond motifs is 1. The van der Waals surface area contributed by atoms with Crippen molar-refractivity contribution >= 4 is 23.3 Å². The number of ether oxygens (including phenoxy) is 1. The molecular formula is C27H22F4N6O2. The van der Waals surface area contributed by atoms with Crippen LogP contribution in [-0.4, -0.2) is 32.3 Å². The minimum Gasteiger partial charge on any atom is -0.378 e. The van der Waals surface area contributed by atoms with Crippen LogP contribution in [0.1, 0.15) is 16.8 Å². The average Bonchev–Trinajstić information content (AvgIpc) is 3.42. The minimum atomic E-state index is -4.70. The molecule has 3 aromatic heterocycles. The smallest absolute Gasteiger partial charge is 0.378 e. The lowest BCUT2D eigenvalue weighted by Gasteiger charge is -2.13. The second-order valence-electron chi connectivity index (χ2n) is 8.61. The van der Waals surface area contributed by atoms with E-state index in [2.05, 4.69) is 20.7 Å². The molecule has 200 valence electrons. The normalized spacial score (nSPS) is 11.6. The van der Waals surface area contributed by atoms with Gasteiger partial charge in [0.2, 0.25) is 0 Å². The number of imidazole rings is 1. The van der Waals surface area contributed by atoms with Crippen LogP contribution in [0.3, 0.4) is 0 Å². The zero-order chi connectivity index (χ0) is 27.7. The van der Waals surface area contributed by atoms with Gasteiger partial charge in [-0.05, 0) is 43.3 Å². The number of methoxy groups -OCH3 is 1. The van der Waals surface area contributed by atoms with E-state index in [0.717, 1.165) is 16.5 Å². The zero-order valence-electron chi connectivity index (χ0n) is 20.8. The molecule has 0 saturated heterocycles. The van der Waals surface area contributed by atoms with Gasteiger partial charge >= 0.3 is 12.2 Å². The molecule has 5 rings (SSSR count). The molecule has 0 fully saturated rings. The number of alkyl halides is 3.